The molecule has 0 spiro atoms. The largest absolute Gasteiger partial charge is 0.481 e. The Hall–Kier alpha value is -1.67. The van der Waals surface area contributed by atoms with Crippen LogP contribution in [0.1, 0.15) is 39.0 Å². The molecule has 0 aliphatic heterocycles. The second-order valence-electron chi connectivity index (χ2n) is 4.27. The number of hydrogen-bond acceptors (Lipinski definition) is 5. The SMILES string of the molecule is CCC(CC(=O)O)C(=O)O.NCCCCC(N)C(=O)O. The quantitative estimate of drug-likeness (QED) is 0.373. The Kier molecular flexibility index (Phi) is 12.8. The number of carboxylic acid groups (broad SMARTS) is 3. The highest BCUT2D eigenvalue weighted by Gasteiger charge is 2.17. The predicted molar refractivity (Wildman–Crippen MR) is 72.2 cm³/mol. The molecule has 0 radical (unpaired) electrons. The molecule has 0 aromatic carbocycles. The van der Waals surface area contributed by atoms with Crippen LogP contribution in [0.25, 0.3) is 0 Å². The minimum Gasteiger partial charge on any atom is -0.481 e. The minimum atomic E-state index is -1.06. The maximum atomic E-state index is 10.2. The van der Waals surface area contributed by atoms with E-state index in [9.17, 15) is 14.4 Å². The van der Waals surface area contributed by atoms with Crippen molar-refractivity contribution in [1.82, 2.24) is 0 Å². The Morgan fingerprint density at radius 3 is 1.85 bits per heavy atom. The van der Waals surface area contributed by atoms with Crippen molar-refractivity contribution in [2.45, 2.75) is 45.1 Å². The summed E-state index contributed by atoms with van der Waals surface area (Å²) in [6.07, 6.45) is 2.24. The number of nitrogens with two attached hydrogens (primary N) is 2. The monoisotopic (exact) mass is 292 g/mol. The first-order valence-electron chi connectivity index (χ1n) is 6.39. The third-order valence-electron chi connectivity index (χ3n) is 2.55. The van der Waals surface area contributed by atoms with Gasteiger partial charge in [-0.2, -0.15) is 0 Å². The summed E-state index contributed by atoms with van der Waals surface area (Å²) in [4.78, 5) is 30.3. The van der Waals surface area contributed by atoms with Crippen LogP contribution in [0.3, 0.4) is 0 Å². The van der Waals surface area contributed by atoms with Gasteiger partial charge in [-0.15, -0.1) is 0 Å². The Bertz CT molecular complexity index is 308. The lowest BCUT2D eigenvalue weighted by atomic mass is 10.0. The number of carboxylic acids is 3. The molecule has 0 aromatic rings. The van der Waals surface area contributed by atoms with E-state index in [1.54, 1.807) is 6.92 Å². The lowest BCUT2D eigenvalue weighted by molar-refractivity contribution is -0.148. The molecule has 0 heterocycles. The molecule has 0 amide bonds. The number of hydrogen-bond donors (Lipinski definition) is 5. The first kappa shape index (κ1) is 20.6. The highest BCUT2D eigenvalue weighted by molar-refractivity contribution is 5.77. The van der Waals surface area contributed by atoms with E-state index >= 15 is 0 Å². The lowest BCUT2D eigenvalue weighted by Crippen LogP contribution is -2.29. The van der Waals surface area contributed by atoms with Crippen molar-refractivity contribution in [2.75, 3.05) is 6.54 Å². The van der Waals surface area contributed by atoms with Gasteiger partial charge < -0.3 is 26.8 Å². The Balaban J connectivity index is 0. The smallest absolute Gasteiger partial charge is 0.320 e. The molecule has 2 unspecified atom stereocenters. The summed E-state index contributed by atoms with van der Waals surface area (Å²) in [6, 6.07) is -0.716. The average molecular weight is 292 g/mol. The van der Waals surface area contributed by atoms with Crippen LogP contribution >= 0.6 is 0 Å². The zero-order chi connectivity index (χ0) is 16.1. The number of carbonyl (C=O) groups is 3. The molecule has 7 N–H and O–H groups in total. The summed E-state index contributed by atoms with van der Waals surface area (Å²) in [7, 11) is 0. The first-order valence-corrected chi connectivity index (χ1v) is 6.39. The molecule has 0 saturated heterocycles. The Labute approximate surface area is 117 Å². The molecule has 8 heteroatoms. The molecule has 8 nitrogen and oxygen atoms in total. The van der Waals surface area contributed by atoms with Crippen molar-refractivity contribution < 1.29 is 29.7 Å². The van der Waals surface area contributed by atoms with Crippen LogP contribution in [0.2, 0.25) is 0 Å². The second-order valence-corrected chi connectivity index (χ2v) is 4.27. The Morgan fingerprint density at radius 2 is 1.60 bits per heavy atom. The van der Waals surface area contributed by atoms with Crippen LogP contribution in [-0.4, -0.2) is 45.8 Å². The van der Waals surface area contributed by atoms with E-state index in [0.29, 0.717) is 19.4 Å². The molecule has 0 aromatic heterocycles. The van der Waals surface area contributed by atoms with Crippen molar-refractivity contribution in [3.63, 3.8) is 0 Å². The predicted octanol–water partition coefficient (Wildman–Crippen LogP) is 0.0992. The molecule has 0 rings (SSSR count). The van der Waals surface area contributed by atoms with Gasteiger partial charge >= 0.3 is 17.9 Å². The number of rotatable bonds is 9. The fourth-order valence-electron chi connectivity index (χ4n) is 1.25. The molecular weight excluding hydrogens is 268 g/mol. The van der Waals surface area contributed by atoms with Crippen molar-refractivity contribution >= 4 is 17.9 Å². The van der Waals surface area contributed by atoms with Gasteiger partial charge in [-0.25, -0.2) is 0 Å². The van der Waals surface area contributed by atoms with Crippen LogP contribution in [0, 0.1) is 5.92 Å². The molecule has 2 atom stereocenters. The lowest BCUT2D eigenvalue weighted by Gasteiger charge is -2.03. The van der Waals surface area contributed by atoms with E-state index in [4.69, 9.17) is 26.8 Å². The first-order chi connectivity index (χ1) is 9.26. The highest BCUT2D eigenvalue weighted by atomic mass is 16.4. The molecule has 20 heavy (non-hydrogen) atoms. The summed E-state index contributed by atoms with van der Waals surface area (Å²) in [5.74, 6) is -3.77. The summed E-state index contributed by atoms with van der Waals surface area (Å²) >= 11 is 0. The molecule has 0 fully saturated rings. The van der Waals surface area contributed by atoms with Gasteiger partial charge in [-0.1, -0.05) is 13.3 Å². The van der Waals surface area contributed by atoms with Crippen LogP contribution in [0.15, 0.2) is 0 Å². The molecule has 0 bridgehead atoms. The third kappa shape index (κ3) is 12.8. The van der Waals surface area contributed by atoms with E-state index in [1.807, 2.05) is 0 Å². The summed E-state index contributed by atoms with van der Waals surface area (Å²) in [6.45, 7) is 2.26. The van der Waals surface area contributed by atoms with Crippen LogP contribution < -0.4 is 11.5 Å². The fourth-order valence-corrected chi connectivity index (χ4v) is 1.25. The zero-order valence-electron chi connectivity index (χ0n) is 11.6. The zero-order valence-corrected chi connectivity index (χ0v) is 11.6. The van der Waals surface area contributed by atoms with Crippen LogP contribution in [0.4, 0.5) is 0 Å². The van der Waals surface area contributed by atoms with Gasteiger partial charge in [-0.05, 0) is 25.8 Å². The van der Waals surface area contributed by atoms with E-state index in [2.05, 4.69) is 0 Å². The average Bonchev–Trinajstić information content (AvgIpc) is 2.36. The topological polar surface area (TPSA) is 164 Å². The summed E-state index contributed by atoms with van der Waals surface area (Å²) in [5.41, 5.74) is 10.4. The van der Waals surface area contributed by atoms with Crippen LogP contribution in [-0.2, 0) is 14.4 Å². The molecular formula is C12H24N2O6. The van der Waals surface area contributed by atoms with Crippen molar-refractivity contribution in [2.24, 2.45) is 17.4 Å². The maximum absolute atomic E-state index is 10.2. The van der Waals surface area contributed by atoms with Gasteiger partial charge in [0.2, 0.25) is 0 Å². The minimum absolute atomic E-state index is 0.286. The maximum Gasteiger partial charge on any atom is 0.320 e. The van der Waals surface area contributed by atoms with Gasteiger partial charge in [-0.3, -0.25) is 14.4 Å². The van der Waals surface area contributed by atoms with E-state index in [-0.39, 0.29) is 6.42 Å². The fraction of sp³-hybridized carbons (Fsp3) is 0.750. The Morgan fingerprint density at radius 1 is 1.05 bits per heavy atom. The van der Waals surface area contributed by atoms with Crippen molar-refractivity contribution in [1.29, 1.82) is 0 Å². The van der Waals surface area contributed by atoms with E-state index in [1.165, 1.54) is 0 Å². The third-order valence-corrected chi connectivity index (χ3v) is 2.55. The summed E-state index contributed by atoms with van der Waals surface area (Å²) < 4.78 is 0. The molecule has 118 valence electrons. The highest BCUT2D eigenvalue weighted by Crippen LogP contribution is 2.07. The van der Waals surface area contributed by atoms with Gasteiger partial charge in [0, 0.05) is 0 Å². The van der Waals surface area contributed by atoms with Crippen molar-refractivity contribution in [3.8, 4) is 0 Å². The van der Waals surface area contributed by atoms with Crippen LogP contribution in [0.5, 0.6) is 0 Å². The standard InChI is InChI=1S/C6H14N2O2.C6H10O4/c7-4-2-1-3-5(8)6(9)10;1-2-4(6(9)10)3-5(7)8/h5H,1-4,7-8H2,(H,9,10);4H,2-3H2,1H3,(H,7,8)(H,9,10). The normalized spacial score (nSPS) is 12.8. The summed E-state index contributed by atoms with van der Waals surface area (Å²) in [5, 5.41) is 24.9. The van der Waals surface area contributed by atoms with Crippen molar-refractivity contribution in [3.05, 3.63) is 0 Å². The molecule has 0 aliphatic rings. The molecule has 0 saturated carbocycles. The van der Waals surface area contributed by atoms with Gasteiger partial charge in [0.15, 0.2) is 0 Å². The molecule has 0 aliphatic carbocycles. The van der Waals surface area contributed by atoms with Gasteiger partial charge in [0.1, 0.15) is 6.04 Å². The van der Waals surface area contributed by atoms with Gasteiger partial charge in [0.25, 0.3) is 0 Å². The van der Waals surface area contributed by atoms with E-state index < -0.39 is 29.9 Å². The van der Waals surface area contributed by atoms with Gasteiger partial charge in [0.05, 0.1) is 12.3 Å². The number of unbranched alkanes of at least 4 members (excludes halogenated alkanes) is 1. The number of aliphatic carboxylic acids is 3. The van der Waals surface area contributed by atoms with E-state index in [0.717, 1.165) is 12.8 Å². The second kappa shape index (κ2) is 12.4.